The van der Waals surface area contributed by atoms with Crippen LogP contribution in [-0.4, -0.2) is 79.2 Å². The lowest BCUT2D eigenvalue weighted by atomic mass is 9.95. The van der Waals surface area contributed by atoms with Crippen molar-refractivity contribution in [2.24, 2.45) is 0 Å². The van der Waals surface area contributed by atoms with Gasteiger partial charge in [-0.3, -0.25) is 14.5 Å². The lowest BCUT2D eigenvalue weighted by Crippen LogP contribution is -2.42. The smallest absolute Gasteiger partial charge is 0.295 e. The lowest BCUT2D eigenvalue weighted by Gasteiger charge is -2.31. The molecule has 36 heavy (non-hydrogen) atoms. The summed E-state index contributed by atoms with van der Waals surface area (Å²) in [5.74, 6) is -0.211. The van der Waals surface area contributed by atoms with Crippen molar-refractivity contribution in [3.63, 3.8) is 0 Å². The van der Waals surface area contributed by atoms with Crippen molar-refractivity contribution in [2.75, 3.05) is 52.6 Å². The van der Waals surface area contributed by atoms with Gasteiger partial charge in [0.05, 0.1) is 31.4 Å². The van der Waals surface area contributed by atoms with Crippen molar-refractivity contribution in [3.8, 4) is 11.5 Å². The van der Waals surface area contributed by atoms with Gasteiger partial charge in [-0.15, -0.1) is 0 Å². The molecule has 2 aliphatic rings. The van der Waals surface area contributed by atoms with Crippen LogP contribution in [-0.2, 0) is 14.3 Å². The van der Waals surface area contributed by atoms with Crippen LogP contribution in [0.15, 0.2) is 66.8 Å². The molecule has 2 fully saturated rings. The molecular weight excluding hydrogens is 460 g/mol. The van der Waals surface area contributed by atoms with Gasteiger partial charge in [0, 0.05) is 31.7 Å². The third-order valence-corrected chi connectivity index (χ3v) is 6.30. The fourth-order valence-corrected chi connectivity index (χ4v) is 4.46. The second-order valence-electron chi connectivity index (χ2n) is 8.57. The number of carbonyl (C=O) groups excluding carboxylic acids is 2. The summed E-state index contributed by atoms with van der Waals surface area (Å²) in [7, 11) is 0. The zero-order chi connectivity index (χ0) is 25.5. The number of aliphatic hydroxyl groups is 1. The molecule has 0 saturated carbocycles. The average Bonchev–Trinajstić information content (AvgIpc) is 3.16. The summed E-state index contributed by atoms with van der Waals surface area (Å²) in [6.45, 7) is 10.2. The number of ether oxygens (including phenoxy) is 3. The Bertz CT molecular complexity index is 1100. The molecule has 0 bridgehead atoms. The molecule has 2 aromatic rings. The van der Waals surface area contributed by atoms with Gasteiger partial charge in [0.25, 0.3) is 11.7 Å². The van der Waals surface area contributed by atoms with Crippen LogP contribution in [0.1, 0.15) is 24.1 Å². The Morgan fingerprint density at radius 2 is 1.67 bits per heavy atom. The van der Waals surface area contributed by atoms with Gasteiger partial charge >= 0.3 is 0 Å². The van der Waals surface area contributed by atoms with Crippen molar-refractivity contribution in [1.82, 2.24) is 9.80 Å². The lowest BCUT2D eigenvalue weighted by molar-refractivity contribution is -0.140. The van der Waals surface area contributed by atoms with E-state index >= 15 is 0 Å². The van der Waals surface area contributed by atoms with Crippen molar-refractivity contribution in [3.05, 3.63) is 77.9 Å². The molecule has 190 valence electrons. The van der Waals surface area contributed by atoms with E-state index in [9.17, 15) is 14.7 Å². The van der Waals surface area contributed by atoms with E-state index in [-0.39, 0.29) is 11.3 Å². The van der Waals surface area contributed by atoms with Crippen molar-refractivity contribution >= 4 is 17.4 Å². The number of benzene rings is 2. The Morgan fingerprint density at radius 1 is 1.03 bits per heavy atom. The van der Waals surface area contributed by atoms with E-state index in [0.717, 1.165) is 18.7 Å². The highest BCUT2D eigenvalue weighted by Crippen LogP contribution is 2.40. The highest BCUT2D eigenvalue weighted by Gasteiger charge is 2.46. The summed E-state index contributed by atoms with van der Waals surface area (Å²) >= 11 is 0. The summed E-state index contributed by atoms with van der Waals surface area (Å²) in [6.07, 6.45) is 1.66. The summed E-state index contributed by atoms with van der Waals surface area (Å²) < 4.78 is 16.5. The topological polar surface area (TPSA) is 88.5 Å². The van der Waals surface area contributed by atoms with E-state index < -0.39 is 17.7 Å². The molecule has 8 heteroatoms. The first-order valence-corrected chi connectivity index (χ1v) is 12.2. The predicted molar refractivity (Wildman–Crippen MR) is 136 cm³/mol. The summed E-state index contributed by atoms with van der Waals surface area (Å²) in [5.41, 5.74) is 1.24. The number of ketones is 1. The van der Waals surface area contributed by atoms with Gasteiger partial charge in [0.1, 0.15) is 23.9 Å². The Hall–Kier alpha value is -3.62. The van der Waals surface area contributed by atoms with Crippen LogP contribution in [0.2, 0.25) is 0 Å². The van der Waals surface area contributed by atoms with Gasteiger partial charge < -0.3 is 24.2 Å². The van der Waals surface area contributed by atoms with Crippen LogP contribution in [0, 0.1) is 0 Å². The molecule has 4 rings (SSSR count). The maximum absolute atomic E-state index is 13.2. The van der Waals surface area contributed by atoms with Gasteiger partial charge in [-0.05, 0) is 48.9 Å². The Kier molecular flexibility index (Phi) is 8.40. The van der Waals surface area contributed by atoms with Crippen LogP contribution in [0.5, 0.6) is 11.5 Å². The third kappa shape index (κ3) is 5.61. The second kappa shape index (κ2) is 11.9. The highest BCUT2D eigenvalue weighted by molar-refractivity contribution is 6.46. The molecule has 8 nitrogen and oxygen atoms in total. The number of likely N-dealkylation sites (tertiary alicyclic amines) is 1. The second-order valence-corrected chi connectivity index (χ2v) is 8.57. The number of carbonyl (C=O) groups is 2. The third-order valence-electron chi connectivity index (χ3n) is 6.30. The zero-order valence-electron chi connectivity index (χ0n) is 20.5. The first-order chi connectivity index (χ1) is 17.5. The molecule has 0 aliphatic carbocycles. The van der Waals surface area contributed by atoms with Crippen LogP contribution in [0.25, 0.3) is 5.76 Å². The molecule has 0 spiro atoms. The number of rotatable bonds is 10. The van der Waals surface area contributed by atoms with Crippen LogP contribution >= 0.6 is 0 Å². The quantitative estimate of drug-likeness (QED) is 0.235. The fourth-order valence-electron chi connectivity index (χ4n) is 4.46. The van der Waals surface area contributed by atoms with Crippen LogP contribution < -0.4 is 9.47 Å². The molecule has 1 atom stereocenters. The van der Waals surface area contributed by atoms with Gasteiger partial charge in [-0.1, -0.05) is 24.8 Å². The minimum absolute atomic E-state index is 0.0749. The molecule has 2 saturated heterocycles. The largest absolute Gasteiger partial charge is 0.507 e. The standard InChI is InChI=1S/C28H32N2O6/c1-3-17-36-23-9-5-20(6-10-23)25-24(26(31)21-7-11-22(12-8-21)35-4-2)27(32)28(33)30(25)14-13-29-15-18-34-19-16-29/h3,5-12,25,31H,1,4,13-19H2,2H3/b26-24+/t25-/m0/s1. The van der Waals surface area contributed by atoms with E-state index in [4.69, 9.17) is 14.2 Å². The molecule has 1 amide bonds. The van der Waals surface area contributed by atoms with Crippen LogP contribution in [0.3, 0.4) is 0 Å². The minimum atomic E-state index is -0.717. The Labute approximate surface area is 211 Å². The number of nitrogens with zero attached hydrogens (tertiary/aromatic N) is 2. The van der Waals surface area contributed by atoms with Gasteiger partial charge in [0.15, 0.2) is 0 Å². The number of aliphatic hydroxyl groups excluding tert-OH is 1. The number of amides is 1. The summed E-state index contributed by atoms with van der Waals surface area (Å²) in [5, 5.41) is 11.2. The van der Waals surface area contributed by atoms with Crippen molar-refractivity contribution in [2.45, 2.75) is 13.0 Å². The molecule has 2 heterocycles. The molecule has 1 N–H and O–H groups in total. The molecule has 2 aromatic carbocycles. The zero-order valence-corrected chi connectivity index (χ0v) is 20.5. The molecule has 0 radical (unpaired) electrons. The number of Topliss-reactive ketones (excluding diaryl/α,β-unsaturated/α-hetero) is 1. The highest BCUT2D eigenvalue weighted by atomic mass is 16.5. The van der Waals surface area contributed by atoms with E-state index in [0.29, 0.717) is 56.6 Å². The Balaban J connectivity index is 1.69. The fraction of sp³-hybridized carbons (Fsp3) is 0.357. The van der Waals surface area contributed by atoms with E-state index in [1.807, 2.05) is 19.1 Å². The van der Waals surface area contributed by atoms with Crippen molar-refractivity contribution in [1.29, 1.82) is 0 Å². The predicted octanol–water partition coefficient (Wildman–Crippen LogP) is 3.40. The number of morpholine rings is 1. The maximum Gasteiger partial charge on any atom is 0.295 e. The molecule has 0 aromatic heterocycles. The first-order valence-electron chi connectivity index (χ1n) is 12.2. The van der Waals surface area contributed by atoms with Gasteiger partial charge in [-0.2, -0.15) is 0 Å². The van der Waals surface area contributed by atoms with E-state index in [1.165, 1.54) is 0 Å². The first kappa shape index (κ1) is 25.5. The molecule has 0 unspecified atom stereocenters. The Morgan fingerprint density at radius 3 is 2.31 bits per heavy atom. The number of hydrogen-bond acceptors (Lipinski definition) is 7. The monoisotopic (exact) mass is 492 g/mol. The van der Waals surface area contributed by atoms with E-state index in [2.05, 4.69) is 11.5 Å². The summed E-state index contributed by atoms with van der Waals surface area (Å²) in [4.78, 5) is 30.2. The molecular formula is C28H32N2O6. The van der Waals surface area contributed by atoms with Gasteiger partial charge in [0.2, 0.25) is 0 Å². The van der Waals surface area contributed by atoms with Crippen molar-refractivity contribution < 1.29 is 28.9 Å². The van der Waals surface area contributed by atoms with E-state index in [1.54, 1.807) is 47.4 Å². The van der Waals surface area contributed by atoms with Gasteiger partial charge in [-0.25, -0.2) is 0 Å². The maximum atomic E-state index is 13.2. The molecule has 2 aliphatic heterocycles. The number of hydrogen-bond donors (Lipinski definition) is 1. The minimum Gasteiger partial charge on any atom is -0.507 e. The van der Waals surface area contributed by atoms with Crippen LogP contribution in [0.4, 0.5) is 0 Å². The SMILES string of the molecule is C=CCOc1ccc([C@H]2/C(=C(\O)c3ccc(OCC)cc3)C(=O)C(=O)N2CCN2CCOCC2)cc1. The normalized spacial score (nSPS) is 19.9. The summed E-state index contributed by atoms with van der Waals surface area (Å²) in [6, 6.07) is 13.3. The average molecular weight is 493 g/mol.